The van der Waals surface area contributed by atoms with Crippen LogP contribution in [0.15, 0.2) is 6.33 Å². The Hall–Kier alpha value is -1.85. The number of anilines is 1. The van der Waals surface area contributed by atoms with Crippen molar-refractivity contribution in [2.75, 3.05) is 11.9 Å². The van der Waals surface area contributed by atoms with Gasteiger partial charge in [0.1, 0.15) is 18.2 Å². The third-order valence-electron chi connectivity index (χ3n) is 2.97. The van der Waals surface area contributed by atoms with Crippen LogP contribution in [-0.4, -0.2) is 33.7 Å². The molecule has 0 radical (unpaired) electrons. The van der Waals surface area contributed by atoms with Gasteiger partial charge < -0.3 is 15.2 Å². The van der Waals surface area contributed by atoms with Gasteiger partial charge in [0, 0.05) is 0 Å². The molecule has 1 aromatic heterocycles. The molecule has 0 bridgehead atoms. The molecular weight excluding hydrogens is 234 g/mol. The number of carboxylic acids is 1. The Morgan fingerprint density at radius 3 is 2.89 bits per heavy atom. The van der Waals surface area contributed by atoms with Crippen LogP contribution in [0.4, 0.5) is 5.82 Å². The van der Waals surface area contributed by atoms with Crippen LogP contribution in [0.5, 0.6) is 5.88 Å². The molecule has 6 heteroatoms. The average molecular weight is 251 g/mol. The van der Waals surface area contributed by atoms with Crippen LogP contribution in [0.25, 0.3) is 0 Å². The minimum Gasteiger partial charge on any atom is -0.480 e. The summed E-state index contributed by atoms with van der Waals surface area (Å²) >= 11 is 0. The van der Waals surface area contributed by atoms with E-state index in [9.17, 15) is 9.90 Å². The van der Waals surface area contributed by atoms with Crippen LogP contribution >= 0.6 is 0 Å². The second kappa shape index (κ2) is 5.20. The fourth-order valence-electron chi connectivity index (χ4n) is 1.82. The molecule has 0 amide bonds. The predicted octanol–water partition coefficient (Wildman–Crippen LogP) is 1.46. The van der Waals surface area contributed by atoms with E-state index in [0.717, 1.165) is 18.4 Å². The van der Waals surface area contributed by atoms with E-state index in [0.29, 0.717) is 18.3 Å². The first-order chi connectivity index (χ1) is 8.63. The monoisotopic (exact) mass is 251 g/mol. The van der Waals surface area contributed by atoms with Crippen LogP contribution in [-0.2, 0) is 4.79 Å². The molecule has 1 heterocycles. The molecule has 1 fully saturated rings. The molecule has 2 N–H and O–H groups in total. The van der Waals surface area contributed by atoms with Gasteiger partial charge in [-0.25, -0.2) is 14.8 Å². The summed E-state index contributed by atoms with van der Waals surface area (Å²) in [6.45, 7) is 4.21. The Balaban J connectivity index is 2.17. The summed E-state index contributed by atoms with van der Waals surface area (Å²) in [5.41, 5.74) is 0.742. The lowest BCUT2D eigenvalue weighted by Gasteiger charge is -2.16. The normalized spacial score (nSPS) is 16.1. The van der Waals surface area contributed by atoms with Gasteiger partial charge in [-0.3, -0.25) is 0 Å². The van der Waals surface area contributed by atoms with Crippen LogP contribution in [0.1, 0.15) is 25.3 Å². The van der Waals surface area contributed by atoms with Crippen molar-refractivity contribution in [3.63, 3.8) is 0 Å². The molecule has 98 valence electrons. The third kappa shape index (κ3) is 2.69. The van der Waals surface area contributed by atoms with E-state index in [1.54, 1.807) is 0 Å². The molecule has 6 nitrogen and oxygen atoms in total. The Labute approximate surface area is 105 Å². The number of rotatable bonds is 6. The van der Waals surface area contributed by atoms with Gasteiger partial charge in [-0.05, 0) is 32.6 Å². The molecule has 0 aliphatic heterocycles. The van der Waals surface area contributed by atoms with Gasteiger partial charge in [0.05, 0.1) is 12.2 Å². The summed E-state index contributed by atoms with van der Waals surface area (Å²) in [5, 5.41) is 12.1. The molecule has 2 rings (SSSR count). The van der Waals surface area contributed by atoms with E-state index < -0.39 is 12.0 Å². The third-order valence-corrected chi connectivity index (χ3v) is 2.97. The number of nitrogens with zero attached hydrogens (tertiary/aromatic N) is 2. The lowest BCUT2D eigenvalue weighted by atomic mass is 10.2. The van der Waals surface area contributed by atoms with E-state index in [1.165, 1.54) is 6.33 Å². The van der Waals surface area contributed by atoms with Crippen molar-refractivity contribution in [1.29, 1.82) is 0 Å². The molecule has 1 aliphatic carbocycles. The summed E-state index contributed by atoms with van der Waals surface area (Å²) in [6, 6.07) is -0.576. The van der Waals surface area contributed by atoms with Gasteiger partial charge in [-0.15, -0.1) is 0 Å². The molecule has 1 aliphatic rings. The first kappa shape index (κ1) is 12.6. The summed E-state index contributed by atoms with van der Waals surface area (Å²) in [4.78, 5) is 19.3. The van der Waals surface area contributed by atoms with E-state index in [4.69, 9.17) is 4.74 Å². The first-order valence-electron chi connectivity index (χ1n) is 6.07. The molecule has 0 saturated heterocycles. The number of aliphatic carboxylic acids is 1. The zero-order valence-corrected chi connectivity index (χ0v) is 10.5. The van der Waals surface area contributed by atoms with Crippen molar-refractivity contribution in [1.82, 2.24) is 9.97 Å². The maximum absolute atomic E-state index is 11.2. The number of carbonyl (C=O) groups is 1. The maximum Gasteiger partial charge on any atom is 0.326 e. The minimum absolute atomic E-state index is 0.201. The van der Waals surface area contributed by atoms with Gasteiger partial charge in [0.2, 0.25) is 5.88 Å². The van der Waals surface area contributed by atoms with Crippen molar-refractivity contribution in [2.24, 2.45) is 5.92 Å². The SMILES string of the molecule is CCOc1ncnc(NC(C(=O)O)C2CC2)c1C. The van der Waals surface area contributed by atoms with Gasteiger partial charge in [-0.1, -0.05) is 0 Å². The Morgan fingerprint density at radius 2 is 2.33 bits per heavy atom. The largest absolute Gasteiger partial charge is 0.480 e. The summed E-state index contributed by atoms with van der Waals surface area (Å²) in [7, 11) is 0. The minimum atomic E-state index is -0.839. The Morgan fingerprint density at radius 1 is 1.61 bits per heavy atom. The zero-order valence-electron chi connectivity index (χ0n) is 10.5. The van der Waals surface area contributed by atoms with E-state index in [1.807, 2.05) is 13.8 Å². The summed E-state index contributed by atoms with van der Waals surface area (Å²) in [5.74, 6) is 0.392. The van der Waals surface area contributed by atoms with E-state index >= 15 is 0 Å². The molecule has 1 saturated carbocycles. The van der Waals surface area contributed by atoms with Crippen LogP contribution < -0.4 is 10.1 Å². The fourth-order valence-corrected chi connectivity index (χ4v) is 1.82. The molecule has 18 heavy (non-hydrogen) atoms. The predicted molar refractivity (Wildman–Crippen MR) is 65.7 cm³/mol. The smallest absolute Gasteiger partial charge is 0.326 e. The highest BCUT2D eigenvalue weighted by molar-refractivity contribution is 5.78. The Kier molecular flexibility index (Phi) is 3.64. The molecule has 0 spiro atoms. The molecular formula is C12H17N3O3. The number of hydrogen-bond donors (Lipinski definition) is 2. The van der Waals surface area contributed by atoms with Crippen LogP contribution in [0, 0.1) is 12.8 Å². The average Bonchev–Trinajstić information content (AvgIpc) is 3.14. The highest BCUT2D eigenvalue weighted by Gasteiger charge is 2.36. The lowest BCUT2D eigenvalue weighted by molar-refractivity contribution is -0.138. The lowest BCUT2D eigenvalue weighted by Crippen LogP contribution is -2.32. The fraction of sp³-hybridized carbons (Fsp3) is 0.583. The number of carboxylic acid groups (broad SMARTS) is 1. The summed E-state index contributed by atoms with van der Waals surface area (Å²) < 4.78 is 5.36. The topological polar surface area (TPSA) is 84.3 Å². The standard InChI is InChI=1S/C12H17N3O3/c1-3-18-11-7(2)10(13-6-14-11)15-9(12(16)17)8-4-5-8/h6,8-9H,3-5H2,1-2H3,(H,16,17)(H,13,14,15). The number of ether oxygens (including phenoxy) is 1. The number of aromatic nitrogens is 2. The van der Waals surface area contributed by atoms with Crippen molar-refractivity contribution in [3.8, 4) is 5.88 Å². The highest BCUT2D eigenvalue weighted by atomic mass is 16.5. The quantitative estimate of drug-likeness (QED) is 0.796. The van der Waals surface area contributed by atoms with Gasteiger partial charge in [0.25, 0.3) is 0 Å². The summed E-state index contributed by atoms with van der Waals surface area (Å²) in [6.07, 6.45) is 3.28. The van der Waals surface area contributed by atoms with Crippen molar-refractivity contribution < 1.29 is 14.6 Å². The zero-order chi connectivity index (χ0) is 13.1. The van der Waals surface area contributed by atoms with Crippen LogP contribution in [0.2, 0.25) is 0 Å². The van der Waals surface area contributed by atoms with Gasteiger partial charge in [-0.2, -0.15) is 0 Å². The van der Waals surface area contributed by atoms with Crippen LogP contribution in [0.3, 0.4) is 0 Å². The molecule has 0 aromatic carbocycles. The number of hydrogen-bond acceptors (Lipinski definition) is 5. The van der Waals surface area contributed by atoms with Crippen molar-refractivity contribution in [2.45, 2.75) is 32.7 Å². The molecule has 1 aromatic rings. The second-order valence-corrected chi connectivity index (χ2v) is 4.38. The second-order valence-electron chi connectivity index (χ2n) is 4.38. The van der Waals surface area contributed by atoms with Gasteiger partial charge in [0.15, 0.2) is 0 Å². The van der Waals surface area contributed by atoms with E-state index in [-0.39, 0.29) is 5.92 Å². The molecule has 1 atom stereocenters. The van der Waals surface area contributed by atoms with E-state index in [2.05, 4.69) is 15.3 Å². The first-order valence-corrected chi connectivity index (χ1v) is 6.07. The van der Waals surface area contributed by atoms with Crippen molar-refractivity contribution >= 4 is 11.8 Å². The van der Waals surface area contributed by atoms with Gasteiger partial charge >= 0.3 is 5.97 Å². The highest BCUT2D eigenvalue weighted by Crippen LogP contribution is 2.35. The van der Waals surface area contributed by atoms with Crippen molar-refractivity contribution in [3.05, 3.63) is 11.9 Å². The maximum atomic E-state index is 11.2. The molecule has 1 unspecified atom stereocenters. The number of nitrogens with one attached hydrogen (secondary N) is 1. The Bertz CT molecular complexity index is 446.